The van der Waals surface area contributed by atoms with Crippen LogP contribution >= 0.6 is 0 Å². The first-order valence-electron chi connectivity index (χ1n) is 9.91. The number of aliphatic hydroxyl groups is 1. The SMILES string of the molecule is O=C1[C@@H]2Cc3ccccc3CN2C(=O)N1CCCN1CCN(CCO)CC1. The molecule has 1 aromatic rings. The zero-order valence-electron chi connectivity index (χ0n) is 15.7. The van der Waals surface area contributed by atoms with Crippen molar-refractivity contribution in [1.82, 2.24) is 19.6 Å². The van der Waals surface area contributed by atoms with E-state index in [9.17, 15) is 9.59 Å². The number of urea groups is 1. The Bertz CT molecular complexity index is 659. The maximum atomic E-state index is 12.8. The summed E-state index contributed by atoms with van der Waals surface area (Å²) in [6.45, 7) is 6.77. The first-order chi connectivity index (χ1) is 13.2. The third kappa shape index (κ3) is 3.72. The van der Waals surface area contributed by atoms with Crippen molar-refractivity contribution < 1.29 is 14.7 Å². The van der Waals surface area contributed by atoms with Crippen LogP contribution in [0.3, 0.4) is 0 Å². The van der Waals surface area contributed by atoms with E-state index in [1.807, 2.05) is 18.2 Å². The molecule has 1 N–H and O–H groups in total. The number of benzene rings is 1. The number of hydrogen-bond acceptors (Lipinski definition) is 5. The smallest absolute Gasteiger partial charge is 0.327 e. The minimum atomic E-state index is -0.325. The molecule has 3 amide bonds. The predicted octanol–water partition coefficient (Wildman–Crippen LogP) is 0.376. The molecule has 0 aliphatic carbocycles. The van der Waals surface area contributed by atoms with Gasteiger partial charge in [0.2, 0.25) is 0 Å². The number of aliphatic hydroxyl groups excluding tert-OH is 1. The van der Waals surface area contributed by atoms with Crippen molar-refractivity contribution in [3.05, 3.63) is 35.4 Å². The summed E-state index contributed by atoms with van der Waals surface area (Å²) in [7, 11) is 0. The zero-order valence-corrected chi connectivity index (χ0v) is 15.7. The summed E-state index contributed by atoms with van der Waals surface area (Å²) in [4.78, 5) is 33.4. The van der Waals surface area contributed by atoms with E-state index in [4.69, 9.17) is 5.11 Å². The highest BCUT2D eigenvalue weighted by molar-refractivity contribution is 6.04. The van der Waals surface area contributed by atoms with Crippen molar-refractivity contribution in [1.29, 1.82) is 0 Å². The van der Waals surface area contributed by atoms with Crippen LogP contribution in [0.1, 0.15) is 17.5 Å². The van der Waals surface area contributed by atoms with Crippen LogP contribution in [0, 0.1) is 0 Å². The summed E-state index contributed by atoms with van der Waals surface area (Å²) >= 11 is 0. The molecule has 3 aliphatic rings. The van der Waals surface area contributed by atoms with Gasteiger partial charge < -0.3 is 14.9 Å². The average Bonchev–Trinajstić information content (AvgIpc) is 2.92. The van der Waals surface area contributed by atoms with Gasteiger partial charge in [-0.2, -0.15) is 0 Å². The predicted molar refractivity (Wildman–Crippen MR) is 101 cm³/mol. The summed E-state index contributed by atoms with van der Waals surface area (Å²) in [6, 6.07) is 7.63. The average molecular weight is 372 g/mol. The molecule has 0 spiro atoms. The van der Waals surface area contributed by atoms with Gasteiger partial charge in [-0.1, -0.05) is 24.3 Å². The fourth-order valence-electron chi connectivity index (χ4n) is 4.41. The normalized spacial score (nSPS) is 23.7. The van der Waals surface area contributed by atoms with E-state index in [0.717, 1.165) is 51.3 Å². The first-order valence-corrected chi connectivity index (χ1v) is 9.91. The Hall–Kier alpha value is -1.96. The molecule has 2 fully saturated rings. The summed E-state index contributed by atoms with van der Waals surface area (Å²) in [5.41, 5.74) is 2.33. The molecule has 0 unspecified atom stereocenters. The number of amides is 3. The van der Waals surface area contributed by atoms with Gasteiger partial charge in [-0.05, 0) is 24.1 Å². The Morgan fingerprint density at radius 2 is 1.59 bits per heavy atom. The number of fused-ring (bicyclic) bond motifs is 2. The fraction of sp³-hybridized carbons (Fsp3) is 0.600. The molecule has 4 rings (SSSR count). The van der Waals surface area contributed by atoms with E-state index in [2.05, 4.69) is 15.9 Å². The second-order valence-electron chi connectivity index (χ2n) is 7.65. The highest BCUT2D eigenvalue weighted by atomic mass is 16.3. The molecule has 0 bridgehead atoms. The summed E-state index contributed by atoms with van der Waals surface area (Å²) in [6.07, 6.45) is 1.44. The molecular weight excluding hydrogens is 344 g/mol. The van der Waals surface area contributed by atoms with Crippen LogP contribution < -0.4 is 0 Å². The van der Waals surface area contributed by atoms with E-state index < -0.39 is 0 Å². The van der Waals surface area contributed by atoms with Gasteiger partial charge in [-0.25, -0.2) is 4.79 Å². The highest BCUT2D eigenvalue weighted by Crippen LogP contribution is 2.30. The van der Waals surface area contributed by atoms with Gasteiger partial charge in [0, 0.05) is 52.2 Å². The first kappa shape index (κ1) is 18.4. The second-order valence-corrected chi connectivity index (χ2v) is 7.65. The molecule has 146 valence electrons. The lowest BCUT2D eigenvalue weighted by Gasteiger charge is -2.34. The largest absolute Gasteiger partial charge is 0.395 e. The van der Waals surface area contributed by atoms with Gasteiger partial charge in [0.1, 0.15) is 6.04 Å². The Balaban J connectivity index is 1.29. The van der Waals surface area contributed by atoms with Crippen molar-refractivity contribution in [3.8, 4) is 0 Å². The van der Waals surface area contributed by atoms with Crippen molar-refractivity contribution in [2.75, 3.05) is 52.4 Å². The molecule has 7 heteroatoms. The summed E-state index contributed by atoms with van der Waals surface area (Å²) < 4.78 is 0. The van der Waals surface area contributed by atoms with Crippen LogP contribution in [-0.4, -0.2) is 95.1 Å². The minimum Gasteiger partial charge on any atom is -0.395 e. The molecule has 0 radical (unpaired) electrons. The quantitative estimate of drug-likeness (QED) is 0.731. The van der Waals surface area contributed by atoms with Crippen molar-refractivity contribution in [2.45, 2.75) is 25.4 Å². The van der Waals surface area contributed by atoms with E-state index >= 15 is 0 Å². The topological polar surface area (TPSA) is 67.3 Å². The van der Waals surface area contributed by atoms with Gasteiger partial charge in [0.05, 0.1) is 6.61 Å². The maximum absolute atomic E-state index is 12.8. The number of nitrogens with zero attached hydrogens (tertiary/aromatic N) is 4. The monoisotopic (exact) mass is 372 g/mol. The Morgan fingerprint density at radius 3 is 2.30 bits per heavy atom. The third-order valence-corrected chi connectivity index (χ3v) is 6.01. The molecule has 7 nitrogen and oxygen atoms in total. The molecule has 1 atom stereocenters. The molecule has 1 aromatic carbocycles. The van der Waals surface area contributed by atoms with Crippen molar-refractivity contribution >= 4 is 11.9 Å². The van der Waals surface area contributed by atoms with Crippen LogP contribution in [0.4, 0.5) is 4.79 Å². The van der Waals surface area contributed by atoms with Crippen LogP contribution in [0.15, 0.2) is 24.3 Å². The van der Waals surface area contributed by atoms with Crippen LogP contribution in [0.25, 0.3) is 0 Å². The van der Waals surface area contributed by atoms with Crippen LogP contribution in [-0.2, 0) is 17.8 Å². The number of carbonyl (C=O) groups is 2. The number of hydrogen-bond donors (Lipinski definition) is 1. The molecule has 27 heavy (non-hydrogen) atoms. The van der Waals surface area contributed by atoms with Crippen molar-refractivity contribution in [3.63, 3.8) is 0 Å². The Morgan fingerprint density at radius 1 is 0.926 bits per heavy atom. The van der Waals surface area contributed by atoms with Gasteiger partial charge in [-0.15, -0.1) is 0 Å². The standard InChI is InChI=1S/C20H28N4O3/c25-13-12-22-10-8-21(9-11-22)6-3-7-23-19(26)18-14-16-4-1-2-5-17(16)15-24(18)20(23)27/h1-2,4-5,18,25H,3,6-15H2/t18-/m0/s1. The highest BCUT2D eigenvalue weighted by Gasteiger charge is 2.46. The Kier molecular flexibility index (Phi) is 5.43. The number of imide groups is 1. The van der Waals surface area contributed by atoms with Gasteiger partial charge >= 0.3 is 6.03 Å². The number of β-amino-alcohol motifs (C(OH)–C–C–N with tert-alkyl or cyclic N) is 1. The zero-order chi connectivity index (χ0) is 18.8. The van der Waals surface area contributed by atoms with Crippen molar-refractivity contribution in [2.24, 2.45) is 0 Å². The number of rotatable bonds is 6. The van der Waals surface area contributed by atoms with E-state index in [0.29, 0.717) is 19.5 Å². The summed E-state index contributed by atoms with van der Waals surface area (Å²) in [5, 5.41) is 9.01. The molecular formula is C20H28N4O3. The number of piperazine rings is 1. The lowest BCUT2D eigenvalue weighted by molar-refractivity contribution is -0.128. The molecule has 2 saturated heterocycles. The lowest BCUT2D eigenvalue weighted by Crippen LogP contribution is -2.47. The third-order valence-electron chi connectivity index (χ3n) is 6.01. The van der Waals surface area contributed by atoms with E-state index in [-0.39, 0.29) is 24.6 Å². The van der Waals surface area contributed by atoms with Crippen LogP contribution in [0.5, 0.6) is 0 Å². The van der Waals surface area contributed by atoms with E-state index in [1.54, 1.807) is 4.90 Å². The fourth-order valence-corrected chi connectivity index (χ4v) is 4.41. The molecule has 0 saturated carbocycles. The van der Waals surface area contributed by atoms with Crippen LogP contribution in [0.2, 0.25) is 0 Å². The van der Waals surface area contributed by atoms with Gasteiger partial charge in [0.15, 0.2) is 0 Å². The molecule has 3 aliphatic heterocycles. The summed E-state index contributed by atoms with van der Waals surface area (Å²) in [5.74, 6) is -0.0396. The van der Waals surface area contributed by atoms with E-state index in [1.165, 1.54) is 10.5 Å². The van der Waals surface area contributed by atoms with Gasteiger partial charge in [0.25, 0.3) is 5.91 Å². The minimum absolute atomic E-state index is 0.0396. The molecule has 0 aromatic heterocycles. The number of carbonyl (C=O) groups excluding carboxylic acids is 2. The Labute approximate surface area is 160 Å². The lowest BCUT2D eigenvalue weighted by atomic mass is 9.95. The van der Waals surface area contributed by atoms with Gasteiger partial charge in [-0.3, -0.25) is 14.6 Å². The second kappa shape index (κ2) is 7.96. The maximum Gasteiger partial charge on any atom is 0.327 e. The molecule has 3 heterocycles.